The molecular weight excluding hydrogens is 444 g/mol. The van der Waals surface area contributed by atoms with Gasteiger partial charge in [0.05, 0.1) is 11.8 Å². The molecule has 0 bridgehead atoms. The highest BCUT2D eigenvalue weighted by atomic mass is 32.1. The van der Waals surface area contributed by atoms with Crippen molar-refractivity contribution in [1.29, 1.82) is 5.26 Å². The summed E-state index contributed by atoms with van der Waals surface area (Å²) in [5, 5.41) is 10.5. The summed E-state index contributed by atoms with van der Waals surface area (Å²) in [6.45, 7) is 5.63. The van der Waals surface area contributed by atoms with Gasteiger partial charge in [0.1, 0.15) is 27.9 Å². The van der Waals surface area contributed by atoms with Gasteiger partial charge in [0.25, 0.3) is 0 Å². The normalized spacial score (nSPS) is 15.2. The van der Waals surface area contributed by atoms with E-state index in [4.69, 9.17) is 4.74 Å². The standard InChI is InChI=1S/C26H26N6OS/c1-18-8-9-23-25(29-18)34-24(30-23)21(15-27)22-10-11-28-26(31-22)33-17-20-7-5-6-19(14-20)16-32-12-3-2-4-13-32/h5-11,14,21H,2-4,12-13,16-17H2,1H3. The molecule has 1 aliphatic rings. The molecule has 0 radical (unpaired) electrons. The number of piperidine rings is 1. The third-order valence-electron chi connectivity index (χ3n) is 5.95. The largest absolute Gasteiger partial charge is 0.459 e. The molecule has 5 rings (SSSR count). The van der Waals surface area contributed by atoms with Crippen LogP contribution in [0.3, 0.4) is 0 Å². The van der Waals surface area contributed by atoms with Gasteiger partial charge in [-0.1, -0.05) is 42.0 Å². The van der Waals surface area contributed by atoms with Crippen molar-refractivity contribution < 1.29 is 4.74 Å². The first-order valence-corrected chi connectivity index (χ1v) is 12.4. The molecule has 0 amide bonds. The van der Waals surface area contributed by atoms with Crippen molar-refractivity contribution >= 4 is 21.7 Å². The minimum Gasteiger partial charge on any atom is -0.459 e. The molecule has 0 aliphatic carbocycles. The van der Waals surface area contributed by atoms with Crippen LogP contribution in [0.15, 0.2) is 48.7 Å². The minimum atomic E-state index is -0.599. The molecule has 0 saturated carbocycles. The molecule has 34 heavy (non-hydrogen) atoms. The molecule has 3 aromatic heterocycles. The number of hydrogen-bond acceptors (Lipinski definition) is 8. The molecule has 7 nitrogen and oxygen atoms in total. The van der Waals surface area contributed by atoms with Crippen molar-refractivity contribution in [3.8, 4) is 12.1 Å². The SMILES string of the molecule is Cc1ccc2nc(C(C#N)c3ccnc(OCc4cccc(CN5CCCCC5)c4)n3)sc2n1. The Labute approximate surface area is 203 Å². The predicted molar refractivity (Wildman–Crippen MR) is 132 cm³/mol. The van der Waals surface area contributed by atoms with Gasteiger partial charge in [0.15, 0.2) is 0 Å². The fraction of sp³-hybridized carbons (Fsp3) is 0.346. The number of pyridine rings is 1. The summed E-state index contributed by atoms with van der Waals surface area (Å²) in [6.07, 6.45) is 5.54. The van der Waals surface area contributed by atoms with Crippen molar-refractivity contribution in [2.75, 3.05) is 13.1 Å². The monoisotopic (exact) mass is 470 g/mol. The van der Waals surface area contributed by atoms with Crippen molar-refractivity contribution in [1.82, 2.24) is 24.8 Å². The number of rotatable bonds is 7. The van der Waals surface area contributed by atoms with Crippen LogP contribution in [-0.4, -0.2) is 37.9 Å². The summed E-state index contributed by atoms with van der Waals surface area (Å²) in [6, 6.07) is 16.7. The second-order valence-electron chi connectivity index (χ2n) is 8.60. The van der Waals surface area contributed by atoms with E-state index in [1.54, 1.807) is 12.3 Å². The number of benzene rings is 1. The Morgan fingerprint density at radius 2 is 1.91 bits per heavy atom. The summed E-state index contributed by atoms with van der Waals surface area (Å²) in [4.78, 5) is 21.2. The Morgan fingerprint density at radius 3 is 2.76 bits per heavy atom. The molecular formula is C26H26N6OS. The molecule has 4 aromatic rings. The van der Waals surface area contributed by atoms with E-state index in [0.29, 0.717) is 17.3 Å². The van der Waals surface area contributed by atoms with Gasteiger partial charge in [-0.05, 0) is 62.2 Å². The highest BCUT2D eigenvalue weighted by Crippen LogP contribution is 2.30. The van der Waals surface area contributed by atoms with Gasteiger partial charge in [0, 0.05) is 18.4 Å². The number of ether oxygens (including phenoxy) is 1. The van der Waals surface area contributed by atoms with Crippen LogP contribution in [0.5, 0.6) is 6.01 Å². The number of likely N-dealkylation sites (tertiary alicyclic amines) is 1. The first-order valence-electron chi connectivity index (χ1n) is 11.6. The molecule has 0 N–H and O–H groups in total. The highest BCUT2D eigenvalue weighted by Gasteiger charge is 2.21. The molecule has 1 aromatic carbocycles. The maximum atomic E-state index is 9.87. The Kier molecular flexibility index (Phi) is 6.74. The summed E-state index contributed by atoms with van der Waals surface area (Å²) in [5.74, 6) is -0.599. The number of nitriles is 1. The first-order chi connectivity index (χ1) is 16.7. The van der Waals surface area contributed by atoms with E-state index in [-0.39, 0.29) is 6.01 Å². The van der Waals surface area contributed by atoms with Gasteiger partial charge in [-0.3, -0.25) is 4.90 Å². The Morgan fingerprint density at radius 1 is 1.06 bits per heavy atom. The molecule has 1 fully saturated rings. The highest BCUT2D eigenvalue weighted by molar-refractivity contribution is 7.18. The van der Waals surface area contributed by atoms with E-state index in [2.05, 4.69) is 55.2 Å². The number of hydrogen-bond donors (Lipinski definition) is 0. The lowest BCUT2D eigenvalue weighted by molar-refractivity contribution is 0.220. The van der Waals surface area contributed by atoms with E-state index in [9.17, 15) is 5.26 Å². The number of thiazole rings is 1. The lowest BCUT2D eigenvalue weighted by atomic mass is 10.1. The maximum absolute atomic E-state index is 9.87. The fourth-order valence-electron chi connectivity index (χ4n) is 4.22. The third kappa shape index (κ3) is 5.22. The number of fused-ring (bicyclic) bond motifs is 1. The van der Waals surface area contributed by atoms with Crippen molar-refractivity contribution in [2.24, 2.45) is 0 Å². The van der Waals surface area contributed by atoms with E-state index in [1.165, 1.54) is 49.3 Å². The molecule has 172 valence electrons. The lowest BCUT2D eigenvalue weighted by Crippen LogP contribution is -2.29. The zero-order valence-corrected chi connectivity index (χ0v) is 20.0. The van der Waals surface area contributed by atoms with Crippen molar-refractivity contribution in [3.63, 3.8) is 0 Å². The van der Waals surface area contributed by atoms with E-state index in [0.717, 1.165) is 28.1 Å². The van der Waals surface area contributed by atoms with Crippen LogP contribution in [0.4, 0.5) is 0 Å². The zero-order chi connectivity index (χ0) is 23.3. The second kappa shape index (κ2) is 10.2. The minimum absolute atomic E-state index is 0.259. The Bertz CT molecular complexity index is 1320. The van der Waals surface area contributed by atoms with Crippen LogP contribution in [-0.2, 0) is 13.2 Å². The Balaban J connectivity index is 1.28. The predicted octanol–water partition coefficient (Wildman–Crippen LogP) is 5.01. The van der Waals surface area contributed by atoms with Gasteiger partial charge >= 0.3 is 6.01 Å². The van der Waals surface area contributed by atoms with Gasteiger partial charge in [-0.15, -0.1) is 0 Å². The molecule has 1 unspecified atom stereocenters. The number of aryl methyl sites for hydroxylation is 1. The topological polar surface area (TPSA) is 87.8 Å². The summed E-state index contributed by atoms with van der Waals surface area (Å²) < 4.78 is 5.91. The fourth-order valence-corrected chi connectivity index (χ4v) is 5.26. The van der Waals surface area contributed by atoms with Gasteiger partial charge in [0.2, 0.25) is 0 Å². The number of aromatic nitrogens is 4. The molecule has 0 spiro atoms. The molecule has 4 heterocycles. The zero-order valence-electron chi connectivity index (χ0n) is 19.1. The van der Waals surface area contributed by atoms with Gasteiger partial charge < -0.3 is 4.74 Å². The van der Waals surface area contributed by atoms with Gasteiger partial charge in [-0.2, -0.15) is 10.2 Å². The Hall–Kier alpha value is -3.41. The van der Waals surface area contributed by atoms with E-state index < -0.39 is 5.92 Å². The third-order valence-corrected chi connectivity index (χ3v) is 6.98. The quantitative estimate of drug-likeness (QED) is 0.375. The molecule has 1 saturated heterocycles. The van der Waals surface area contributed by atoms with Crippen LogP contribution in [0.2, 0.25) is 0 Å². The van der Waals surface area contributed by atoms with Crippen LogP contribution in [0.1, 0.15) is 52.7 Å². The average Bonchev–Trinajstić information content (AvgIpc) is 3.27. The van der Waals surface area contributed by atoms with Crippen LogP contribution >= 0.6 is 11.3 Å². The number of nitrogens with zero attached hydrogens (tertiary/aromatic N) is 6. The lowest BCUT2D eigenvalue weighted by Gasteiger charge is -2.26. The summed E-state index contributed by atoms with van der Waals surface area (Å²) >= 11 is 1.42. The summed E-state index contributed by atoms with van der Waals surface area (Å²) in [7, 11) is 0. The first kappa shape index (κ1) is 22.4. The maximum Gasteiger partial charge on any atom is 0.316 e. The van der Waals surface area contributed by atoms with Crippen molar-refractivity contribution in [2.45, 2.75) is 45.3 Å². The molecule has 1 atom stereocenters. The summed E-state index contributed by atoms with van der Waals surface area (Å²) in [5.41, 5.74) is 4.66. The van der Waals surface area contributed by atoms with Crippen LogP contribution in [0.25, 0.3) is 10.3 Å². The van der Waals surface area contributed by atoms with Gasteiger partial charge in [-0.25, -0.2) is 15.0 Å². The van der Waals surface area contributed by atoms with E-state index in [1.807, 2.05) is 19.1 Å². The molecule has 8 heteroatoms. The van der Waals surface area contributed by atoms with Crippen molar-refractivity contribution in [3.05, 3.63) is 76.2 Å². The smallest absolute Gasteiger partial charge is 0.316 e. The second-order valence-corrected chi connectivity index (χ2v) is 9.61. The van der Waals surface area contributed by atoms with Crippen LogP contribution < -0.4 is 4.74 Å². The average molecular weight is 471 g/mol. The van der Waals surface area contributed by atoms with Crippen LogP contribution in [0, 0.1) is 18.3 Å². The van der Waals surface area contributed by atoms with E-state index >= 15 is 0 Å². The molecule has 1 aliphatic heterocycles.